The fourth-order valence-electron chi connectivity index (χ4n) is 3.88. The number of carbonyl (C=O) groups excluding carboxylic acids is 2. The van der Waals surface area contributed by atoms with E-state index in [1.807, 2.05) is 24.3 Å². The first-order chi connectivity index (χ1) is 15.0. The molecule has 1 amide bonds. The van der Waals surface area contributed by atoms with Crippen molar-refractivity contribution < 1.29 is 23.8 Å². The molecule has 1 aliphatic heterocycles. The molecule has 1 saturated heterocycles. The zero-order valence-corrected chi connectivity index (χ0v) is 17.4. The van der Waals surface area contributed by atoms with Crippen LogP contribution in [0, 0.1) is 0 Å². The standard InChI is InChI=1S/C25H23NO5/c1-3-16-10-12-17(13-11-16)22-21(23(27)19-8-4-5-9-20(19)30-2)24(28)25(29)26(22)15-18-7-6-14-31-18/h4-14,22,27H,3,15H2,1-2H3/b23-21-. The monoisotopic (exact) mass is 417 g/mol. The maximum atomic E-state index is 13.1. The molecule has 1 atom stereocenters. The number of likely N-dealkylation sites (tertiary alicyclic amines) is 1. The van der Waals surface area contributed by atoms with Crippen molar-refractivity contribution in [3.63, 3.8) is 0 Å². The molecule has 1 unspecified atom stereocenters. The number of amides is 1. The molecule has 0 aliphatic carbocycles. The summed E-state index contributed by atoms with van der Waals surface area (Å²) in [7, 11) is 1.49. The Morgan fingerprint density at radius 3 is 2.45 bits per heavy atom. The van der Waals surface area contributed by atoms with E-state index in [1.165, 1.54) is 18.3 Å². The second kappa shape index (κ2) is 8.52. The minimum atomic E-state index is -0.749. The summed E-state index contributed by atoms with van der Waals surface area (Å²) in [4.78, 5) is 27.5. The summed E-state index contributed by atoms with van der Waals surface area (Å²) in [5.41, 5.74) is 2.26. The van der Waals surface area contributed by atoms with Crippen LogP contribution in [0.25, 0.3) is 5.76 Å². The van der Waals surface area contributed by atoms with Gasteiger partial charge in [-0.05, 0) is 41.8 Å². The number of aliphatic hydroxyl groups is 1. The molecule has 6 nitrogen and oxygen atoms in total. The number of furan rings is 1. The molecule has 1 N–H and O–H groups in total. The van der Waals surface area contributed by atoms with E-state index < -0.39 is 17.7 Å². The first-order valence-corrected chi connectivity index (χ1v) is 10.1. The molecular formula is C25H23NO5. The average molecular weight is 417 g/mol. The van der Waals surface area contributed by atoms with E-state index in [4.69, 9.17) is 9.15 Å². The first-order valence-electron chi connectivity index (χ1n) is 10.1. The van der Waals surface area contributed by atoms with Crippen LogP contribution in [-0.4, -0.2) is 28.8 Å². The second-order valence-electron chi connectivity index (χ2n) is 7.30. The van der Waals surface area contributed by atoms with Gasteiger partial charge >= 0.3 is 0 Å². The third kappa shape index (κ3) is 3.72. The second-order valence-corrected chi connectivity index (χ2v) is 7.30. The zero-order valence-electron chi connectivity index (χ0n) is 17.4. The minimum Gasteiger partial charge on any atom is -0.507 e. The van der Waals surface area contributed by atoms with Gasteiger partial charge in [0, 0.05) is 0 Å². The lowest BCUT2D eigenvalue weighted by molar-refractivity contribution is -0.140. The van der Waals surface area contributed by atoms with Crippen LogP contribution in [0.1, 0.15) is 35.4 Å². The molecular weight excluding hydrogens is 394 g/mol. The summed E-state index contributed by atoms with van der Waals surface area (Å²) in [6.45, 7) is 2.17. The molecule has 1 fully saturated rings. The lowest BCUT2D eigenvalue weighted by atomic mass is 9.94. The smallest absolute Gasteiger partial charge is 0.296 e. The number of Topliss-reactive ketones (excluding diaryl/α,β-unsaturated/α-hetero) is 1. The van der Waals surface area contributed by atoms with Gasteiger partial charge in [-0.3, -0.25) is 9.59 Å². The zero-order chi connectivity index (χ0) is 22.0. The Morgan fingerprint density at radius 1 is 1.06 bits per heavy atom. The quantitative estimate of drug-likeness (QED) is 0.364. The van der Waals surface area contributed by atoms with Gasteiger partial charge in [0.25, 0.3) is 11.7 Å². The number of hydrogen-bond acceptors (Lipinski definition) is 5. The number of methoxy groups -OCH3 is 1. The summed E-state index contributed by atoms with van der Waals surface area (Å²) in [5, 5.41) is 11.2. The predicted molar refractivity (Wildman–Crippen MR) is 115 cm³/mol. The first kappa shape index (κ1) is 20.5. The van der Waals surface area contributed by atoms with E-state index in [2.05, 4.69) is 6.92 Å². The van der Waals surface area contributed by atoms with Crippen LogP contribution in [0.2, 0.25) is 0 Å². The van der Waals surface area contributed by atoms with Crippen molar-refractivity contribution >= 4 is 17.4 Å². The van der Waals surface area contributed by atoms with E-state index >= 15 is 0 Å². The molecule has 2 heterocycles. The summed E-state index contributed by atoms with van der Waals surface area (Å²) >= 11 is 0. The highest BCUT2D eigenvalue weighted by Gasteiger charge is 2.46. The van der Waals surface area contributed by atoms with E-state index in [-0.39, 0.29) is 17.9 Å². The Kier molecular flexibility index (Phi) is 5.62. The predicted octanol–water partition coefficient (Wildman–Crippen LogP) is 4.47. The summed E-state index contributed by atoms with van der Waals surface area (Å²) in [5.74, 6) is -0.717. The van der Waals surface area contributed by atoms with Crippen molar-refractivity contribution in [1.82, 2.24) is 4.90 Å². The number of benzene rings is 2. The van der Waals surface area contributed by atoms with Gasteiger partial charge in [0.1, 0.15) is 17.3 Å². The lowest BCUT2D eigenvalue weighted by Gasteiger charge is -2.25. The van der Waals surface area contributed by atoms with Gasteiger partial charge < -0.3 is 19.2 Å². The number of carbonyl (C=O) groups is 2. The van der Waals surface area contributed by atoms with Crippen LogP contribution in [0.3, 0.4) is 0 Å². The number of para-hydroxylation sites is 1. The Bertz CT molecular complexity index is 1130. The molecule has 2 aromatic carbocycles. The van der Waals surface area contributed by atoms with Crippen molar-refractivity contribution in [2.75, 3.05) is 7.11 Å². The SMILES string of the molecule is CCc1ccc(C2/C(=C(/O)c3ccccc3OC)C(=O)C(=O)N2Cc2ccco2)cc1. The van der Waals surface area contributed by atoms with Gasteiger partial charge in [0.05, 0.1) is 37.1 Å². The highest BCUT2D eigenvalue weighted by Crippen LogP contribution is 2.41. The average Bonchev–Trinajstić information content (AvgIpc) is 3.41. The van der Waals surface area contributed by atoms with Crippen molar-refractivity contribution in [1.29, 1.82) is 0 Å². The highest BCUT2D eigenvalue weighted by atomic mass is 16.5. The number of ketones is 1. The number of aryl methyl sites for hydroxylation is 1. The molecule has 0 spiro atoms. The Hall–Kier alpha value is -3.80. The van der Waals surface area contributed by atoms with Crippen LogP contribution in [0.5, 0.6) is 5.75 Å². The maximum Gasteiger partial charge on any atom is 0.296 e. The Labute approximate surface area is 180 Å². The van der Waals surface area contributed by atoms with Crippen LogP contribution < -0.4 is 4.74 Å². The topological polar surface area (TPSA) is 80.0 Å². The summed E-state index contributed by atoms with van der Waals surface area (Å²) < 4.78 is 10.8. The van der Waals surface area contributed by atoms with E-state index in [0.717, 1.165) is 17.5 Å². The van der Waals surface area contributed by atoms with Crippen molar-refractivity contribution in [3.8, 4) is 5.75 Å². The molecule has 158 valence electrons. The fourth-order valence-corrected chi connectivity index (χ4v) is 3.88. The van der Waals surface area contributed by atoms with Gasteiger partial charge in [-0.1, -0.05) is 43.3 Å². The van der Waals surface area contributed by atoms with E-state index in [1.54, 1.807) is 36.4 Å². The van der Waals surface area contributed by atoms with E-state index in [0.29, 0.717) is 17.1 Å². The van der Waals surface area contributed by atoms with Crippen molar-refractivity contribution in [2.45, 2.75) is 25.9 Å². The molecule has 1 aliphatic rings. The number of rotatable bonds is 6. The number of ether oxygens (including phenoxy) is 1. The molecule has 1 aromatic heterocycles. The largest absolute Gasteiger partial charge is 0.507 e. The normalized spacial score (nSPS) is 17.9. The van der Waals surface area contributed by atoms with Crippen LogP contribution in [0.4, 0.5) is 0 Å². The third-order valence-electron chi connectivity index (χ3n) is 5.51. The van der Waals surface area contributed by atoms with Gasteiger partial charge in [-0.25, -0.2) is 0 Å². The summed E-state index contributed by atoms with van der Waals surface area (Å²) in [6, 6.07) is 17.3. The minimum absolute atomic E-state index is 0.0327. The molecule has 6 heteroatoms. The third-order valence-corrected chi connectivity index (χ3v) is 5.51. The molecule has 3 aromatic rings. The fraction of sp³-hybridized carbons (Fsp3) is 0.200. The van der Waals surface area contributed by atoms with Crippen molar-refractivity contribution in [3.05, 3.63) is 95.0 Å². The Balaban J connectivity index is 1.88. The van der Waals surface area contributed by atoms with Crippen molar-refractivity contribution in [2.24, 2.45) is 0 Å². The van der Waals surface area contributed by atoms with Gasteiger partial charge in [0.2, 0.25) is 0 Å². The van der Waals surface area contributed by atoms with Crippen LogP contribution in [-0.2, 0) is 22.6 Å². The molecule has 31 heavy (non-hydrogen) atoms. The molecule has 0 radical (unpaired) electrons. The van der Waals surface area contributed by atoms with E-state index in [9.17, 15) is 14.7 Å². The molecule has 0 bridgehead atoms. The molecule has 0 saturated carbocycles. The van der Waals surface area contributed by atoms with Gasteiger partial charge in [-0.2, -0.15) is 0 Å². The lowest BCUT2D eigenvalue weighted by Crippen LogP contribution is -2.29. The Morgan fingerprint density at radius 2 is 1.81 bits per heavy atom. The molecule has 4 rings (SSSR count). The highest BCUT2D eigenvalue weighted by molar-refractivity contribution is 6.46. The van der Waals surface area contributed by atoms with Crippen LogP contribution >= 0.6 is 0 Å². The number of nitrogens with zero attached hydrogens (tertiary/aromatic N) is 1. The summed E-state index contributed by atoms with van der Waals surface area (Å²) in [6.07, 6.45) is 2.39. The number of aliphatic hydroxyl groups excluding tert-OH is 1. The van der Waals surface area contributed by atoms with Gasteiger partial charge in [0.15, 0.2) is 0 Å². The number of hydrogen-bond donors (Lipinski definition) is 1. The maximum absolute atomic E-state index is 13.1. The van der Waals surface area contributed by atoms with Gasteiger partial charge in [-0.15, -0.1) is 0 Å². The van der Waals surface area contributed by atoms with Crippen LogP contribution in [0.15, 0.2) is 76.9 Å².